The van der Waals surface area contributed by atoms with Gasteiger partial charge in [0.2, 0.25) is 0 Å². The van der Waals surface area contributed by atoms with E-state index in [2.05, 4.69) is 25.2 Å². The number of aryl methyl sites for hydroxylation is 2. The van der Waals surface area contributed by atoms with E-state index in [0.717, 1.165) is 5.56 Å². The van der Waals surface area contributed by atoms with Crippen LogP contribution in [0.1, 0.15) is 46.9 Å². The van der Waals surface area contributed by atoms with E-state index in [1.165, 1.54) is 18.1 Å². The number of nitrogens with one attached hydrogen (secondary N) is 1. The topological polar surface area (TPSA) is 55.4 Å². The molecular weight excluding hydrogens is 302 g/mol. The predicted molar refractivity (Wildman–Crippen MR) is 94.4 cm³/mol. The molecule has 2 aromatic rings. The lowest BCUT2D eigenvalue weighted by Gasteiger charge is -2.16. The molecule has 0 aliphatic carbocycles. The molecular formula is C20H23NO3. The van der Waals surface area contributed by atoms with Gasteiger partial charge >= 0.3 is 0 Å². The summed E-state index contributed by atoms with van der Waals surface area (Å²) in [7, 11) is 0. The Morgan fingerprint density at radius 3 is 2.46 bits per heavy atom. The molecule has 24 heavy (non-hydrogen) atoms. The first-order chi connectivity index (χ1) is 11.4. The van der Waals surface area contributed by atoms with E-state index in [-0.39, 0.29) is 24.3 Å². The first-order valence-electron chi connectivity index (χ1n) is 7.97. The SMILES string of the molecule is CC(=O)c1ccccc1OCC(=O)NC(C)c1ccc(C)c(C)c1. The number of Topliss-reactive ketones (excluding diaryl/α,β-unsaturated/α-hetero) is 1. The van der Waals surface area contributed by atoms with Crippen LogP contribution >= 0.6 is 0 Å². The minimum Gasteiger partial charge on any atom is -0.483 e. The molecule has 0 aromatic heterocycles. The van der Waals surface area contributed by atoms with Crippen molar-refractivity contribution < 1.29 is 14.3 Å². The molecule has 1 atom stereocenters. The Hall–Kier alpha value is -2.62. The molecule has 0 radical (unpaired) electrons. The van der Waals surface area contributed by atoms with E-state index >= 15 is 0 Å². The standard InChI is InChI=1S/C20H23NO3/c1-13-9-10-17(11-14(13)2)15(3)21-20(23)12-24-19-8-6-5-7-18(19)16(4)22/h5-11,15H,12H2,1-4H3,(H,21,23). The van der Waals surface area contributed by atoms with Gasteiger partial charge < -0.3 is 10.1 Å². The van der Waals surface area contributed by atoms with Crippen LogP contribution in [-0.4, -0.2) is 18.3 Å². The maximum atomic E-state index is 12.1. The van der Waals surface area contributed by atoms with Gasteiger partial charge in [0.1, 0.15) is 5.75 Å². The van der Waals surface area contributed by atoms with Crippen LogP contribution in [0.5, 0.6) is 5.75 Å². The second-order valence-corrected chi connectivity index (χ2v) is 5.97. The Kier molecular flexibility index (Phi) is 5.74. The van der Waals surface area contributed by atoms with Gasteiger partial charge in [-0.2, -0.15) is 0 Å². The van der Waals surface area contributed by atoms with Gasteiger partial charge in [0.25, 0.3) is 5.91 Å². The first-order valence-corrected chi connectivity index (χ1v) is 7.97. The molecule has 0 heterocycles. The molecule has 0 spiro atoms. The van der Waals surface area contributed by atoms with Crippen LogP contribution in [0.4, 0.5) is 0 Å². The van der Waals surface area contributed by atoms with Gasteiger partial charge in [0.05, 0.1) is 11.6 Å². The van der Waals surface area contributed by atoms with E-state index in [1.54, 1.807) is 24.3 Å². The predicted octanol–water partition coefficient (Wildman–Crippen LogP) is 3.76. The summed E-state index contributed by atoms with van der Waals surface area (Å²) < 4.78 is 5.51. The van der Waals surface area contributed by atoms with Crippen LogP contribution in [0, 0.1) is 13.8 Å². The highest BCUT2D eigenvalue weighted by atomic mass is 16.5. The molecule has 0 fully saturated rings. The van der Waals surface area contributed by atoms with Crippen molar-refractivity contribution in [3.05, 3.63) is 64.7 Å². The minimum absolute atomic E-state index is 0.0884. The third-order valence-corrected chi connectivity index (χ3v) is 4.03. The van der Waals surface area contributed by atoms with Gasteiger partial charge in [-0.15, -0.1) is 0 Å². The largest absolute Gasteiger partial charge is 0.483 e. The molecule has 2 aromatic carbocycles. The summed E-state index contributed by atoms with van der Waals surface area (Å²) in [6, 6.07) is 13.0. The fraction of sp³-hybridized carbons (Fsp3) is 0.300. The maximum absolute atomic E-state index is 12.1. The summed E-state index contributed by atoms with van der Waals surface area (Å²) in [6.45, 7) is 7.40. The monoisotopic (exact) mass is 325 g/mol. The Bertz CT molecular complexity index is 752. The third kappa shape index (κ3) is 4.44. The zero-order valence-electron chi connectivity index (χ0n) is 14.6. The lowest BCUT2D eigenvalue weighted by molar-refractivity contribution is -0.123. The van der Waals surface area contributed by atoms with Crippen molar-refractivity contribution in [3.63, 3.8) is 0 Å². The van der Waals surface area contributed by atoms with Gasteiger partial charge in [-0.3, -0.25) is 9.59 Å². The van der Waals surface area contributed by atoms with E-state index in [4.69, 9.17) is 4.74 Å². The summed E-state index contributed by atoms with van der Waals surface area (Å²) in [5.41, 5.74) is 3.95. The normalized spacial score (nSPS) is 11.7. The highest BCUT2D eigenvalue weighted by Gasteiger charge is 2.13. The molecule has 0 saturated carbocycles. The summed E-state index contributed by atoms with van der Waals surface area (Å²) in [4.78, 5) is 23.7. The van der Waals surface area contributed by atoms with E-state index in [1.807, 2.05) is 19.1 Å². The van der Waals surface area contributed by atoms with Gasteiger partial charge in [-0.1, -0.05) is 30.3 Å². The second-order valence-electron chi connectivity index (χ2n) is 5.97. The number of para-hydroxylation sites is 1. The number of hydrogen-bond donors (Lipinski definition) is 1. The number of ketones is 1. The van der Waals surface area contributed by atoms with Gasteiger partial charge in [-0.25, -0.2) is 0 Å². The van der Waals surface area contributed by atoms with Crippen LogP contribution < -0.4 is 10.1 Å². The van der Waals surface area contributed by atoms with Gasteiger partial charge in [0.15, 0.2) is 12.4 Å². The van der Waals surface area contributed by atoms with Crippen LogP contribution in [0.2, 0.25) is 0 Å². The molecule has 0 aliphatic rings. The summed E-state index contributed by atoms with van der Waals surface area (Å²) in [5, 5.41) is 2.91. The summed E-state index contributed by atoms with van der Waals surface area (Å²) in [5.74, 6) is 0.118. The molecule has 1 amide bonds. The van der Waals surface area contributed by atoms with Crippen LogP contribution in [0.25, 0.3) is 0 Å². The maximum Gasteiger partial charge on any atom is 0.258 e. The van der Waals surface area contributed by atoms with E-state index in [0.29, 0.717) is 11.3 Å². The number of carbonyl (C=O) groups excluding carboxylic acids is 2. The number of amides is 1. The van der Waals surface area contributed by atoms with Crippen molar-refractivity contribution in [2.24, 2.45) is 0 Å². The fourth-order valence-corrected chi connectivity index (χ4v) is 2.43. The van der Waals surface area contributed by atoms with E-state index < -0.39 is 0 Å². The quantitative estimate of drug-likeness (QED) is 0.823. The molecule has 126 valence electrons. The minimum atomic E-state index is -0.223. The number of rotatable bonds is 6. The Morgan fingerprint density at radius 2 is 1.79 bits per heavy atom. The lowest BCUT2D eigenvalue weighted by atomic mass is 10.0. The molecule has 1 N–H and O–H groups in total. The van der Waals surface area contributed by atoms with Crippen molar-refractivity contribution in [1.82, 2.24) is 5.32 Å². The van der Waals surface area contributed by atoms with Crippen molar-refractivity contribution >= 4 is 11.7 Å². The van der Waals surface area contributed by atoms with Gasteiger partial charge in [0, 0.05) is 0 Å². The number of hydrogen-bond acceptors (Lipinski definition) is 3. The molecule has 4 nitrogen and oxygen atoms in total. The smallest absolute Gasteiger partial charge is 0.258 e. The van der Waals surface area contributed by atoms with E-state index in [9.17, 15) is 9.59 Å². The second kappa shape index (κ2) is 7.77. The van der Waals surface area contributed by atoms with Crippen molar-refractivity contribution in [2.45, 2.75) is 33.7 Å². The van der Waals surface area contributed by atoms with Crippen molar-refractivity contribution in [3.8, 4) is 5.75 Å². The summed E-state index contributed by atoms with van der Waals surface area (Å²) >= 11 is 0. The van der Waals surface area contributed by atoms with Crippen molar-refractivity contribution in [1.29, 1.82) is 0 Å². The molecule has 4 heteroatoms. The zero-order chi connectivity index (χ0) is 17.7. The molecule has 0 saturated heterocycles. The van der Waals surface area contributed by atoms with Crippen LogP contribution in [0.15, 0.2) is 42.5 Å². The number of ether oxygens (including phenoxy) is 1. The van der Waals surface area contributed by atoms with Crippen LogP contribution in [-0.2, 0) is 4.79 Å². The molecule has 0 aliphatic heterocycles. The number of benzene rings is 2. The Labute approximate surface area is 142 Å². The molecule has 2 rings (SSSR count). The Balaban J connectivity index is 1.96. The fourth-order valence-electron chi connectivity index (χ4n) is 2.43. The Morgan fingerprint density at radius 1 is 1.08 bits per heavy atom. The molecule has 1 unspecified atom stereocenters. The highest BCUT2D eigenvalue weighted by Crippen LogP contribution is 2.19. The van der Waals surface area contributed by atoms with Gasteiger partial charge in [-0.05, 0) is 56.5 Å². The summed E-state index contributed by atoms with van der Waals surface area (Å²) in [6.07, 6.45) is 0. The average molecular weight is 325 g/mol. The zero-order valence-corrected chi connectivity index (χ0v) is 14.6. The number of carbonyl (C=O) groups is 2. The highest BCUT2D eigenvalue weighted by molar-refractivity contribution is 5.96. The first kappa shape index (κ1) is 17.7. The lowest BCUT2D eigenvalue weighted by Crippen LogP contribution is -2.31. The van der Waals surface area contributed by atoms with Crippen molar-refractivity contribution in [2.75, 3.05) is 6.61 Å². The third-order valence-electron chi connectivity index (χ3n) is 4.03. The van der Waals surface area contributed by atoms with Crippen LogP contribution in [0.3, 0.4) is 0 Å². The molecule has 0 bridgehead atoms. The average Bonchev–Trinajstić information content (AvgIpc) is 2.55.